The molecule has 1 N–H and O–H groups in total. The quantitative estimate of drug-likeness (QED) is 0.348. The van der Waals surface area contributed by atoms with Gasteiger partial charge in [-0.05, 0) is 54.3 Å². The number of rotatable bonds is 10. The van der Waals surface area contributed by atoms with Gasteiger partial charge in [-0.2, -0.15) is 0 Å². The molecule has 0 spiro atoms. The van der Waals surface area contributed by atoms with Crippen LogP contribution in [0, 0.1) is 0 Å². The van der Waals surface area contributed by atoms with Gasteiger partial charge in [-0.25, -0.2) is 0 Å². The van der Waals surface area contributed by atoms with E-state index in [1.165, 1.54) is 0 Å². The van der Waals surface area contributed by atoms with Gasteiger partial charge in [0.2, 0.25) is 5.91 Å². The lowest BCUT2D eigenvalue weighted by molar-refractivity contribution is -0.133. The minimum absolute atomic E-state index is 0.121. The molecule has 0 aliphatic heterocycles. The predicted molar refractivity (Wildman–Crippen MR) is 145 cm³/mol. The number of hydrogen-bond donors (Lipinski definition) is 1. The number of amides is 2. The van der Waals surface area contributed by atoms with E-state index in [2.05, 4.69) is 19.2 Å². The Hall–Kier alpha value is -3.31. The van der Waals surface area contributed by atoms with Crippen molar-refractivity contribution in [3.8, 4) is 0 Å². The van der Waals surface area contributed by atoms with Crippen LogP contribution in [-0.4, -0.2) is 37.4 Å². The number of halogens is 1. The largest absolute Gasteiger partial charge is 0.377 e. The minimum Gasteiger partial charge on any atom is -0.377 e. The molecule has 0 radical (unpaired) electrons. The molecule has 5 nitrogen and oxygen atoms in total. The molecule has 3 aromatic rings. The summed E-state index contributed by atoms with van der Waals surface area (Å²) in [6, 6.07) is 22.7. The van der Waals surface area contributed by atoms with Crippen molar-refractivity contribution in [1.82, 2.24) is 4.90 Å². The topological polar surface area (TPSA) is 52.7 Å². The van der Waals surface area contributed by atoms with Gasteiger partial charge in [0.15, 0.2) is 0 Å². The van der Waals surface area contributed by atoms with Gasteiger partial charge < -0.3 is 15.1 Å². The van der Waals surface area contributed by atoms with Crippen molar-refractivity contribution < 1.29 is 9.59 Å². The molecule has 0 aliphatic rings. The molecule has 6 heteroatoms. The van der Waals surface area contributed by atoms with Crippen LogP contribution in [0.15, 0.2) is 72.8 Å². The van der Waals surface area contributed by atoms with E-state index in [0.717, 1.165) is 29.7 Å². The van der Waals surface area contributed by atoms with E-state index in [9.17, 15) is 9.59 Å². The van der Waals surface area contributed by atoms with Crippen LogP contribution in [0.2, 0.25) is 5.02 Å². The highest BCUT2D eigenvalue weighted by Gasteiger charge is 2.25. The Kier molecular flexibility index (Phi) is 9.32. The molecular formula is C29H34ClN3O2. The van der Waals surface area contributed by atoms with Crippen LogP contribution in [0.1, 0.15) is 54.1 Å². The second-order valence-electron chi connectivity index (χ2n) is 8.80. The van der Waals surface area contributed by atoms with Crippen LogP contribution in [-0.2, 0) is 11.3 Å². The molecule has 0 fully saturated rings. The van der Waals surface area contributed by atoms with E-state index >= 15 is 0 Å². The van der Waals surface area contributed by atoms with Gasteiger partial charge in [-0.3, -0.25) is 9.59 Å². The molecule has 3 rings (SSSR count). The van der Waals surface area contributed by atoms with Crippen LogP contribution >= 0.6 is 11.6 Å². The first-order valence-corrected chi connectivity index (χ1v) is 12.4. The maximum Gasteiger partial charge on any atom is 0.257 e. The van der Waals surface area contributed by atoms with Crippen molar-refractivity contribution in [3.63, 3.8) is 0 Å². The number of nitrogens with zero attached hydrogens (tertiary/aromatic N) is 2. The SMILES string of the molecule is CCCN(Cc1cc(NC(=O)c2ccccc2Cl)ccc1N(C)C)C(=O)[C@H](CC)c1ccccc1. The smallest absolute Gasteiger partial charge is 0.257 e. The third-order valence-corrected chi connectivity index (χ3v) is 6.34. The molecular weight excluding hydrogens is 458 g/mol. The van der Waals surface area contributed by atoms with Gasteiger partial charge in [0, 0.05) is 38.6 Å². The number of nitrogens with one attached hydrogen (secondary N) is 1. The van der Waals surface area contributed by atoms with Gasteiger partial charge in [0.1, 0.15) is 0 Å². The Balaban J connectivity index is 1.89. The average Bonchev–Trinajstić information content (AvgIpc) is 2.85. The second kappa shape index (κ2) is 12.4. The zero-order chi connectivity index (χ0) is 25.4. The molecule has 0 heterocycles. The fourth-order valence-electron chi connectivity index (χ4n) is 4.27. The standard InChI is InChI=1S/C29H34ClN3O2/c1-5-18-33(29(35)24(6-2)21-12-8-7-9-13-21)20-22-19-23(16-17-27(22)32(3)4)31-28(34)25-14-10-11-15-26(25)30/h7-17,19,24H,5-6,18,20H2,1-4H3,(H,31,34)/t24-/m1/s1. The number of anilines is 2. The van der Waals surface area contributed by atoms with E-state index in [4.69, 9.17) is 11.6 Å². The third-order valence-electron chi connectivity index (χ3n) is 6.01. The summed E-state index contributed by atoms with van der Waals surface area (Å²) >= 11 is 6.20. The summed E-state index contributed by atoms with van der Waals surface area (Å²) < 4.78 is 0. The van der Waals surface area contributed by atoms with Crippen molar-refractivity contribution in [2.75, 3.05) is 30.9 Å². The Morgan fingerprint density at radius 3 is 2.26 bits per heavy atom. The van der Waals surface area contributed by atoms with Crippen LogP contribution < -0.4 is 10.2 Å². The Bertz CT molecular complexity index is 1150. The monoisotopic (exact) mass is 491 g/mol. The Morgan fingerprint density at radius 2 is 1.63 bits per heavy atom. The molecule has 0 unspecified atom stereocenters. The molecule has 2 amide bonds. The highest BCUT2D eigenvalue weighted by Crippen LogP contribution is 2.28. The van der Waals surface area contributed by atoms with Gasteiger partial charge in [-0.1, -0.05) is 67.9 Å². The van der Waals surface area contributed by atoms with E-state index in [1.807, 2.05) is 72.4 Å². The van der Waals surface area contributed by atoms with Crippen LogP contribution in [0.5, 0.6) is 0 Å². The lowest BCUT2D eigenvalue weighted by Crippen LogP contribution is -2.35. The zero-order valence-electron chi connectivity index (χ0n) is 20.9. The molecule has 0 aromatic heterocycles. The summed E-state index contributed by atoms with van der Waals surface area (Å²) in [6.07, 6.45) is 1.59. The van der Waals surface area contributed by atoms with E-state index in [-0.39, 0.29) is 17.7 Å². The first-order valence-electron chi connectivity index (χ1n) is 12.1. The second-order valence-corrected chi connectivity index (χ2v) is 9.21. The first-order chi connectivity index (χ1) is 16.8. The molecule has 0 saturated heterocycles. The van der Waals surface area contributed by atoms with Crippen molar-refractivity contribution in [2.45, 2.75) is 39.2 Å². The number of hydrogen-bond acceptors (Lipinski definition) is 3. The summed E-state index contributed by atoms with van der Waals surface area (Å²) in [5, 5.41) is 3.36. The normalized spacial score (nSPS) is 11.6. The Morgan fingerprint density at radius 1 is 0.943 bits per heavy atom. The number of carbonyl (C=O) groups excluding carboxylic acids is 2. The first kappa shape index (κ1) is 26.3. The zero-order valence-corrected chi connectivity index (χ0v) is 21.7. The highest BCUT2D eigenvalue weighted by atomic mass is 35.5. The van der Waals surface area contributed by atoms with Crippen molar-refractivity contribution in [2.24, 2.45) is 0 Å². The van der Waals surface area contributed by atoms with E-state index in [0.29, 0.717) is 29.4 Å². The van der Waals surface area contributed by atoms with Crippen LogP contribution in [0.3, 0.4) is 0 Å². The van der Waals surface area contributed by atoms with Crippen LogP contribution in [0.4, 0.5) is 11.4 Å². The molecule has 184 valence electrons. The van der Waals surface area contributed by atoms with Gasteiger partial charge in [0.05, 0.1) is 16.5 Å². The lowest BCUT2D eigenvalue weighted by Gasteiger charge is -2.29. The maximum atomic E-state index is 13.7. The molecule has 0 saturated carbocycles. The maximum absolute atomic E-state index is 13.7. The molecule has 0 bridgehead atoms. The van der Waals surface area contributed by atoms with Gasteiger partial charge in [-0.15, -0.1) is 0 Å². The molecule has 1 atom stereocenters. The van der Waals surface area contributed by atoms with Gasteiger partial charge >= 0.3 is 0 Å². The number of carbonyl (C=O) groups is 2. The molecule has 0 aliphatic carbocycles. The summed E-state index contributed by atoms with van der Waals surface area (Å²) in [7, 11) is 3.96. The summed E-state index contributed by atoms with van der Waals surface area (Å²) in [5.41, 5.74) is 4.09. The third kappa shape index (κ3) is 6.64. The van der Waals surface area contributed by atoms with Gasteiger partial charge in [0.25, 0.3) is 5.91 Å². The summed E-state index contributed by atoms with van der Waals surface area (Å²) in [6.45, 7) is 5.25. The fourth-order valence-corrected chi connectivity index (χ4v) is 4.49. The fraction of sp³-hybridized carbons (Fsp3) is 0.310. The summed E-state index contributed by atoms with van der Waals surface area (Å²) in [4.78, 5) is 30.4. The van der Waals surface area contributed by atoms with E-state index < -0.39 is 0 Å². The summed E-state index contributed by atoms with van der Waals surface area (Å²) in [5.74, 6) is -0.333. The molecule has 3 aromatic carbocycles. The predicted octanol–water partition coefficient (Wildman–Crippen LogP) is 6.59. The number of benzene rings is 3. The molecule has 35 heavy (non-hydrogen) atoms. The average molecular weight is 492 g/mol. The lowest BCUT2D eigenvalue weighted by atomic mass is 9.94. The Labute approximate surface area is 213 Å². The van der Waals surface area contributed by atoms with Crippen molar-refractivity contribution >= 4 is 34.8 Å². The highest BCUT2D eigenvalue weighted by molar-refractivity contribution is 6.34. The van der Waals surface area contributed by atoms with Crippen LogP contribution in [0.25, 0.3) is 0 Å². The van der Waals surface area contributed by atoms with E-state index in [1.54, 1.807) is 24.3 Å². The van der Waals surface area contributed by atoms with Crippen molar-refractivity contribution in [3.05, 3.63) is 94.5 Å². The minimum atomic E-state index is -0.268. The van der Waals surface area contributed by atoms with Crippen molar-refractivity contribution in [1.29, 1.82) is 0 Å².